The van der Waals surface area contributed by atoms with Gasteiger partial charge in [-0.2, -0.15) is 0 Å². The molecule has 0 spiro atoms. The van der Waals surface area contributed by atoms with Crippen LogP contribution in [0.15, 0.2) is 42.6 Å². The van der Waals surface area contributed by atoms with Crippen molar-refractivity contribution in [3.8, 4) is 11.3 Å². The lowest BCUT2D eigenvalue weighted by Crippen LogP contribution is -2.03. The van der Waals surface area contributed by atoms with E-state index in [2.05, 4.69) is 97.6 Å². The van der Waals surface area contributed by atoms with Gasteiger partial charge in [0.2, 0.25) is 0 Å². The Morgan fingerprint density at radius 3 is 1.51 bits per heavy atom. The van der Waals surface area contributed by atoms with E-state index >= 15 is 0 Å². The van der Waals surface area contributed by atoms with Gasteiger partial charge in [0.25, 0.3) is 0 Å². The predicted molar refractivity (Wildman–Crippen MR) is 160 cm³/mol. The lowest BCUT2D eigenvalue weighted by molar-refractivity contribution is 1.24. The van der Waals surface area contributed by atoms with Gasteiger partial charge in [-0.3, -0.25) is 4.98 Å². The molecule has 0 N–H and O–H groups in total. The molecule has 0 amide bonds. The molecule has 0 fully saturated rings. The minimum absolute atomic E-state index is 0.963. The lowest BCUT2D eigenvalue weighted by atomic mass is 9.79. The van der Waals surface area contributed by atoms with Crippen LogP contribution in [0.3, 0.4) is 0 Å². The minimum atomic E-state index is 0.963. The van der Waals surface area contributed by atoms with Gasteiger partial charge in [-0.15, -0.1) is 0 Å². The number of nitrogens with zero attached hydrogens (tertiary/aromatic N) is 2. The van der Waals surface area contributed by atoms with Crippen molar-refractivity contribution in [1.82, 2.24) is 9.97 Å². The first kappa shape index (κ1) is 23.6. The van der Waals surface area contributed by atoms with Crippen LogP contribution >= 0.6 is 0 Å². The fraction of sp³-hybridized carbons (Fsp3) is 0.257. The lowest BCUT2D eigenvalue weighted by Gasteiger charge is -2.25. The van der Waals surface area contributed by atoms with Crippen LogP contribution in [0.1, 0.15) is 50.1 Å². The van der Waals surface area contributed by atoms with Crippen molar-refractivity contribution in [2.75, 3.05) is 0 Å². The first-order valence-corrected chi connectivity index (χ1v) is 13.2. The number of aryl methyl sites for hydroxylation is 6. The third kappa shape index (κ3) is 3.11. The van der Waals surface area contributed by atoms with E-state index < -0.39 is 0 Å². The second-order valence-corrected chi connectivity index (χ2v) is 10.9. The molecule has 6 aromatic rings. The molecule has 2 heterocycles. The summed E-state index contributed by atoms with van der Waals surface area (Å²) < 4.78 is 0. The van der Waals surface area contributed by atoms with Gasteiger partial charge < -0.3 is 0 Å². The first-order chi connectivity index (χ1) is 17.6. The number of pyridine rings is 2. The number of fused-ring (bicyclic) bond motifs is 5. The Hall–Kier alpha value is -3.78. The molecule has 0 saturated heterocycles. The third-order valence-corrected chi connectivity index (χ3v) is 9.19. The second kappa shape index (κ2) is 8.11. The van der Waals surface area contributed by atoms with Crippen LogP contribution in [-0.2, 0) is 0 Å². The van der Waals surface area contributed by atoms with Crippen LogP contribution in [0.5, 0.6) is 0 Å². The molecule has 2 nitrogen and oxygen atoms in total. The summed E-state index contributed by atoms with van der Waals surface area (Å²) in [6.45, 7) is 20.6. The number of hydrogen-bond donors (Lipinski definition) is 0. The van der Waals surface area contributed by atoms with Crippen LogP contribution < -0.4 is 0 Å². The third-order valence-electron chi connectivity index (χ3n) is 9.19. The number of rotatable bonds is 1. The van der Waals surface area contributed by atoms with Crippen molar-refractivity contribution < 1.29 is 0 Å². The van der Waals surface area contributed by atoms with Crippen LogP contribution in [0, 0.1) is 62.3 Å². The maximum absolute atomic E-state index is 5.25. The SMILES string of the molecule is Cc1c(C)c(C)c2c(C)c3c(C)c(-c4ccc5ccc6cccnc6c5n4)c(C)c(C)c3c(C)c2c1C. The molecule has 0 bridgehead atoms. The van der Waals surface area contributed by atoms with Crippen LogP contribution in [0.4, 0.5) is 0 Å². The molecule has 6 rings (SSSR count). The van der Waals surface area contributed by atoms with Gasteiger partial charge in [-0.05, 0) is 146 Å². The summed E-state index contributed by atoms with van der Waals surface area (Å²) in [5.41, 5.74) is 16.6. The fourth-order valence-electron chi connectivity index (χ4n) is 6.84. The Bertz CT molecular complexity index is 1960. The van der Waals surface area contributed by atoms with Crippen LogP contribution in [0.25, 0.3) is 54.6 Å². The maximum atomic E-state index is 5.25. The Balaban J connectivity index is 1.78. The van der Waals surface area contributed by atoms with Crippen molar-refractivity contribution in [1.29, 1.82) is 0 Å². The van der Waals surface area contributed by atoms with Gasteiger partial charge in [0.05, 0.1) is 16.7 Å². The highest BCUT2D eigenvalue weighted by Gasteiger charge is 2.22. The van der Waals surface area contributed by atoms with Crippen molar-refractivity contribution >= 4 is 43.4 Å². The van der Waals surface area contributed by atoms with Crippen molar-refractivity contribution in [2.24, 2.45) is 0 Å². The highest BCUT2D eigenvalue weighted by molar-refractivity contribution is 6.12. The van der Waals surface area contributed by atoms with Crippen molar-refractivity contribution in [2.45, 2.75) is 62.3 Å². The molecular formula is C35H34N2. The molecule has 0 radical (unpaired) electrons. The molecule has 0 aliphatic heterocycles. The van der Waals surface area contributed by atoms with Crippen LogP contribution in [-0.4, -0.2) is 9.97 Å². The molecule has 2 heteroatoms. The average molecular weight is 483 g/mol. The Labute approximate surface area is 219 Å². The smallest absolute Gasteiger partial charge is 0.0972 e. The summed E-state index contributed by atoms with van der Waals surface area (Å²) in [6.07, 6.45) is 1.86. The highest BCUT2D eigenvalue weighted by Crippen LogP contribution is 2.44. The zero-order chi connectivity index (χ0) is 26.3. The molecule has 4 aromatic carbocycles. The number of benzene rings is 4. The van der Waals surface area contributed by atoms with Gasteiger partial charge in [0.15, 0.2) is 0 Å². The maximum Gasteiger partial charge on any atom is 0.0972 e. The average Bonchev–Trinajstić information content (AvgIpc) is 2.90. The van der Waals surface area contributed by atoms with Gasteiger partial charge in [-0.1, -0.05) is 24.3 Å². The van der Waals surface area contributed by atoms with E-state index in [9.17, 15) is 0 Å². The van der Waals surface area contributed by atoms with Gasteiger partial charge in [0.1, 0.15) is 0 Å². The monoisotopic (exact) mass is 482 g/mol. The summed E-state index contributed by atoms with van der Waals surface area (Å²) in [5, 5.41) is 7.88. The Morgan fingerprint density at radius 2 is 0.919 bits per heavy atom. The quantitative estimate of drug-likeness (QED) is 0.172. The van der Waals surface area contributed by atoms with Crippen LogP contribution in [0.2, 0.25) is 0 Å². The first-order valence-electron chi connectivity index (χ1n) is 13.2. The normalized spacial score (nSPS) is 11.9. The number of aromatic nitrogens is 2. The molecule has 37 heavy (non-hydrogen) atoms. The fourth-order valence-corrected chi connectivity index (χ4v) is 6.84. The summed E-state index contributed by atoms with van der Waals surface area (Å²) in [4.78, 5) is 9.94. The molecule has 0 unspecified atom stereocenters. The van der Waals surface area contributed by atoms with Crippen molar-refractivity contribution in [3.05, 3.63) is 92.7 Å². The zero-order valence-electron chi connectivity index (χ0n) is 23.4. The summed E-state index contributed by atoms with van der Waals surface area (Å²) >= 11 is 0. The van der Waals surface area contributed by atoms with E-state index in [1.807, 2.05) is 12.3 Å². The topological polar surface area (TPSA) is 25.8 Å². The van der Waals surface area contributed by atoms with Gasteiger partial charge in [-0.25, -0.2) is 4.98 Å². The van der Waals surface area contributed by atoms with E-state index in [4.69, 9.17) is 4.98 Å². The standard InChI is InChI=1S/C35H34N2/c1-17-18(2)20(4)31-25(9)33-23(7)29(21(5)22(6)32(33)24(8)30(31)19(17)3)28-15-14-27-13-12-26-11-10-16-36-34(26)35(27)37-28/h10-16H,1-9H3. The zero-order valence-corrected chi connectivity index (χ0v) is 23.4. The second-order valence-electron chi connectivity index (χ2n) is 10.9. The van der Waals surface area contributed by atoms with Gasteiger partial charge >= 0.3 is 0 Å². The Morgan fingerprint density at radius 1 is 0.432 bits per heavy atom. The van der Waals surface area contributed by atoms with E-state index in [0.717, 1.165) is 27.5 Å². The molecule has 184 valence electrons. The predicted octanol–water partition coefficient (Wildman–Crippen LogP) is 9.53. The van der Waals surface area contributed by atoms with Gasteiger partial charge in [0, 0.05) is 22.5 Å². The molecular weight excluding hydrogens is 448 g/mol. The molecule has 2 aromatic heterocycles. The molecule has 0 atom stereocenters. The summed E-state index contributed by atoms with van der Waals surface area (Å²) in [5.74, 6) is 0. The number of hydrogen-bond acceptors (Lipinski definition) is 2. The van der Waals surface area contributed by atoms with E-state index in [1.165, 1.54) is 77.2 Å². The highest BCUT2D eigenvalue weighted by atomic mass is 14.8. The summed E-state index contributed by atoms with van der Waals surface area (Å²) in [7, 11) is 0. The molecule has 0 saturated carbocycles. The largest absolute Gasteiger partial charge is 0.254 e. The molecule has 0 aliphatic carbocycles. The Kier molecular flexibility index (Phi) is 5.18. The van der Waals surface area contributed by atoms with Crippen molar-refractivity contribution in [3.63, 3.8) is 0 Å². The summed E-state index contributed by atoms with van der Waals surface area (Å²) in [6, 6.07) is 12.8. The minimum Gasteiger partial charge on any atom is -0.254 e. The van der Waals surface area contributed by atoms with E-state index in [0.29, 0.717) is 0 Å². The van der Waals surface area contributed by atoms with E-state index in [-0.39, 0.29) is 0 Å². The molecule has 0 aliphatic rings. The van der Waals surface area contributed by atoms with E-state index in [1.54, 1.807) is 0 Å².